The van der Waals surface area contributed by atoms with Crippen LogP contribution in [0.1, 0.15) is 48.0 Å². The molecule has 2 N–H and O–H groups in total. The van der Waals surface area contributed by atoms with Crippen LogP contribution in [0.4, 0.5) is 5.69 Å². The summed E-state index contributed by atoms with van der Waals surface area (Å²) in [4.78, 5) is 25.2. The summed E-state index contributed by atoms with van der Waals surface area (Å²) in [5.41, 5.74) is 2.11. The Morgan fingerprint density at radius 2 is 1.62 bits per heavy atom. The van der Waals surface area contributed by atoms with Gasteiger partial charge in [-0.1, -0.05) is 12.1 Å². The number of hydrogen-bond donors (Lipinski definition) is 2. The zero-order chi connectivity index (χ0) is 16.8. The number of carbonyl (C=O) groups excluding carboxylic acids is 2. The lowest BCUT2D eigenvalue weighted by Crippen LogP contribution is -2.49. The molecule has 0 saturated heterocycles. The standard InChI is InChI=1S/C20H26N2O2/c1-11-4-3-5-16(17(11)19(23)21-2)22-20(24)18-14-7-12-6-13(9-14)10-15(18)8-12/h3-5,12-15,18H,6-10H2,1-2H3,(H,21,23)(H,22,24). The second-order valence-electron chi connectivity index (χ2n) is 8.02. The Kier molecular flexibility index (Phi) is 3.86. The van der Waals surface area contributed by atoms with Crippen LogP contribution in [0.15, 0.2) is 18.2 Å². The molecule has 0 heterocycles. The number of aryl methyl sites for hydroxylation is 1. The van der Waals surface area contributed by atoms with E-state index >= 15 is 0 Å². The molecule has 4 aliphatic rings. The number of carbonyl (C=O) groups is 2. The monoisotopic (exact) mass is 326 g/mol. The Morgan fingerprint density at radius 1 is 1.00 bits per heavy atom. The summed E-state index contributed by atoms with van der Waals surface area (Å²) in [5, 5.41) is 5.77. The summed E-state index contributed by atoms with van der Waals surface area (Å²) in [7, 11) is 1.62. The van der Waals surface area contributed by atoms with E-state index in [1.165, 1.54) is 32.1 Å². The van der Waals surface area contributed by atoms with Crippen molar-refractivity contribution >= 4 is 17.5 Å². The number of benzene rings is 1. The highest BCUT2D eigenvalue weighted by Gasteiger charge is 2.50. The molecule has 0 spiro atoms. The van der Waals surface area contributed by atoms with Crippen LogP contribution in [0.5, 0.6) is 0 Å². The minimum atomic E-state index is -0.145. The van der Waals surface area contributed by atoms with E-state index in [1.54, 1.807) is 7.05 Å². The topological polar surface area (TPSA) is 58.2 Å². The molecule has 0 atom stereocenters. The van der Waals surface area contributed by atoms with Gasteiger partial charge in [-0.25, -0.2) is 0 Å². The third-order valence-electron chi connectivity index (χ3n) is 6.51. The van der Waals surface area contributed by atoms with Crippen molar-refractivity contribution in [2.45, 2.75) is 39.0 Å². The first-order valence-corrected chi connectivity index (χ1v) is 9.19. The largest absolute Gasteiger partial charge is 0.355 e. The maximum absolute atomic E-state index is 13.0. The van der Waals surface area contributed by atoms with Crippen LogP contribution in [0.2, 0.25) is 0 Å². The van der Waals surface area contributed by atoms with Crippen molar-refractivity contribution < 1.29 is 9.59 Å². The van der Waals surface area contributed by atoms with Crippen molar-refractivity contribution in [1.82, 2.24) is 5.32 Å². The molecule has 2 amide bonds. The van der Waals surface area contributed by atoms with Crippen molar-refractivity contribution in [2.75, 3.05) is 12.4 Å². The van der Waals surface area contributed by atoms with E-state index in [2.05, 4.69) is 10.6 Å². The Bertz CT molecular complexity index is 654. The SMILES string of the molecule is CNC(=O)c1c(C)cccc1NC(=O)C1C2CC3CC(C2)CC1C3. The van der Waals surface area contributed by atoms with Crippen LogP contribution < -0.4 is 10.6 Å². The molecule has 1 aromatic carbocycles. The maximum atomic E-state index is 13.0. The molecule has 0 aromatic heterocycles. The van der Waals surface area contributed by atoms with Gasteiger partial charge in [-0.3, -0.25) is 9.59 Å². The summed E-state index contributed by atoms with van der Waals surface area (Å²) in [6.07, 6.45) is 6.28. The highest BCUT2D eigenvalue weighted by molar-refractivity contribution is 6.05. The van der Waals surface area contributed by atoms with Crippen molar-refractivity contribution in [1.29, 1.82) is 0 Å². The van der Waals surface area contributed by atoms with Gasteiger partial charge in [0.25, 0.3) is 5.91 Å². The first-order valence-electron chi connectivity index (χ1n) is 9.19. The minimum absolute atomic E-state index is 0.125. The highest BCUT2D eigenvalue weighted by atomic mass is 16.2. The number of anilines is 1. The van der Waals surface area contributed by atoms with Gasteiger partial charge in [0.15, 0.2) is 0 Å². The highest BCUT2D eigenvalue weighted by Crippen LogP contribution is 2.56. The van der Waals surface area contributed by atoms with Gasteiger partial charge in [0.05, 0.1) is 11.3 Å². The molecule has 4 heteroatoms. The predicted molar refractivity (Wildman–Crippen MR) is 93.7 cm³/mol. The van der Waals surface area contributed by atoms with Gasteiger partial charge >= 0.3 is 0 Å². The van der Waals surface area contributed by atoms with E-state index in [9.17, 15) is 9.59 Å². The molecule has 4 aliphatic carbocycles. The molecular weight excluding hydrogens is 300 g/mol. The molecular formula is C20H26N2O2. The number of nitrogens with one attached hydrogen (secondary N) is 2. The molecule has 4 saturated carbocycles. The fourth-order valence-corrected chi connectivity index (χ4v) is 5.77. The molecule has 0 radical (unpaired) electrons. The maximum Gasteiger partial charge on any atom is 0.253 e. The third kappa shape index (κ3) is 2.52. The third-order valence-corrected chi connectivity index (χ3v) is 6.51. The summed E-state index contributed by atoms with van der Waals surface area (Å²) >= 11 is 0. The first-order chi connectivity index (χ1) is 11.6. The quantitative estimate of drug-likeness (QED) is 0.895. The predicted octanol–water partition coefficient (Wildman–Crippen LogP) is 3.37. The average Bonchev–Trinajstić information content (AvgIpc) is 2.53. The van der Waals surface area contributed by atoms with Gasteiger partial charge < -0.3 is 10.6 Å². The Morgan fingerprint density at radius 3 is 2.21 bits per heavy atom. The summed E-state index contributed by atoms with van der Waals surface area (Å²) < 4.78 is 0. The molecule has 24 heavy (non-hydrogen) atoms. The van der Waals surface area contributed by atoms with Crippen LogP contribution >= 0.6 is 0 Å². The van der Waals surface area contributed by atoms with Crippen LogP contribution in [0.25, 0.3) is 0 Å². The fraction of sp³-hybridized carbons (Fsp3) is 0.600. The van der Waals surface area contributed by atoms with Gasteiger partial charge in [0.1, 0.15) is 0 Å². The smallest absolute Gasteiger partial charge is 0.253 e. The second-order valence-corrected chi connectivity index (χ2v) is 8.02. The van der Waals surface area contributed by atoms with E-state index in [-0.39, 0.29) is 17.7 Å². The van der Waals surface area contributed by atoms with Crippen LogP contribution in [0.3, 0.4) is 0 Å². The lowest BCUT2D eigenvalue weighted by Gasteiger charge is -2.53. The average molecular weight is 326 g/mol. The van der Waals surface area contributed by atoms with Gasteiger partial charge in [-0.2, -0.15) is 0 Å². The molecule has 0 unspecified atom stereocenters. The zero-order valence-electron chi connectivity index (χ0n) is 14.5. The van der Waals surface area contributed by atoms with Gasteiger partial charge in [0, 0.05) is 13.0 Å². The molecule has 5 rings (SSSR count). The van der Waals surface area contributed by atoms with Gasteiger partial charge in [-0.05, 0) is 74.3 Å². The normalized spacial score (nSPS) is 33.3. The number of hydrogen-bond acceptors (Lipinski definition) is 2. The molecule has 1 aromatic rings. The van der Waals surface area contributed by atoms with Gasteiger partial charge in [-0.15, -0.1) is 0 Å². The summed E-state index contributed by atoms with van der Waals surface area (Å²) in [6.45, 7) is 1.91. The Hall–Kier alpha value is -1.84. The zero-order valence-corrected chi connectivity index (χ0v) is 14.5. The molecule has 4 nitrogen and oxygen atoms in total. The fourth-order valence-electron chi connectivity index (χ4n) is 5.77. The van der Waals surface area contributed by atoms with Gasteiger partial charge in [0.2, 0.25) is 5.91 Å². The van der Waals surface area contributed by atoms with Crippen LogP contribution in [0, 0.1) is 36.5 Å². The van der Waals surface area contributed by atoms with Crippen LogP contribution in [-0.4, -0.2) is 18.9 Å². The van der Waals surface area contributed by atoms with Crippen molar-refractivity contribution in [2.24, 2.45) is 29.6 Å². The van der Waals surface area contributed by atoms with E-state index < -0.39 is 0 Å². The van der Waals surface area contributed by atoms with E-state index in [0.717, 1.165) is 17.4 Å². The molecule has 128 valence electrons. The minimum Gasteiger partial charge on any atom is -0.355 e. The van der Waals surface area contributed by atoms with Crippen molar-refractivity contribution in [3.63, 3.8) is 0 Å². The Balaban J connectivity index is 1.57. The van der Waals surface area contributed by atoms with Crippen LogP contribution in [-0.2, 0) is 4.79 Å². The van der Waals surface area contributed by atoms with E-state index in [4.69, 9.17) is 0 Å². The summed E-state index contributed by atoms with van der Waals surface area (Å²) in [6, 6.07) is 5.64. The lowest BCUT2D eigenvalue weighted by atomic mass is 9.51. The Labute approximate surface area is 143 Å². The second kappa shape index (κ2) is 5.91. The number of rotatable bonds is 3. The summed E-state index contributed by atoms with van der Waals surface area (Å²) in [5.74, 6) is 2.93. The molecule has 0 aliphatic heterocycles. The van der Waals surface area contributed by atoms with Crippen molar-refractivity contribution in [3.05, 3.63) is 29.3 Å². The number of amides is 2. The van der Waals surface area contributed by atoms with E-state index in [1.807, 2.05) is 25.1 Å². The lowest BCUT2D eigenvalue weighted by molar-refractivity contribution is -0.132. The van der Waals surface area contributed by atoms with Crippen molar-refractivity contribution in [3.8, 4) is 0 Å². The van der Waals surface area contributed by atoms with E-state index in [0.29, 0.717) is 23.1 Å². The molecule has 4 bridgehead atoms. The first kappa shape index (κ1) is 15.7. The molecule has 4 fully saturated rings.